The monoisotopic (exact) mass is 246 g/mol. The van der Waals surface area contributed by atoms with Gasteiger partial charge in [0.1, 0.15) is 5.82 Å². The average Bonchev–Trinajstić information content (AvgIpc) is 2.59. The van der Waals surface area contributed by atoms with Gasteiger partial charge in [0.25, 0.3) is 0 Å². The number of urea groups is 1. The van der Waals surface area contributed by atoms with Crippen LogP contribution in [0.2, 0.25) is 0 Å². The third-order valence-electron chi connectivity index (χ3n) is 3.30. The third kappa shape index (κ3) is 1.70. The summed E-state index contributed by atoms with van der Waals surface area (Å²) in [5.41, 5.74) is 0.964. The van der Waals surface area contributed by atoms with E-state index < -0.39 is 0 Å². The van der Waals surface area contributed by atoms with Crippen molar-refractivity contribution in [3.8, 4) is 0 Å². The maximum atomic E-state index is 11.5. The third-order valence-corrected chi connectivity index (χ3v) is 3.30. The van der Waals surface area contributed by atoms with E-state index in [4.69, 9.17) is 0 Å². The highest BCUT2D eigenvalue weighted by Crippen LogP contribution is 2.23. The minimum Gasteiger partial charge on any atom is -0.352 e. The average molecular weight is 246 g/mol. The van der Waals surface area contributed by atoms with Crippen molar-refractivity contribution in [1.82, 2.24) is 15.2 Å². The number of nitrogens with zero attached hydrogens (tertiary/aromatic N) is 3. The summed E-state index contributed by atoms with van der Waals surface area (Å²) in [5, 5.41) is 2.54. The molecular weight excluding hydrogens is 232 g/mol. The summed E-state index contributed by atoms with van der Waals surface area (Å²) in [6.07, 6.45) is 0. The molecule has 1 aromatic rings. The lowest BCUT2D eigenvalue weighted by Gasteiger charge is -2.43. The van der Waals surface area contributed by atoms with Crippen molar-refractivity contribution >= 4 is 17.8 Å². The molecule has 3 amide bonds. The largest absolute Gasteiger partial charge is 0.352 e. The van der Waals surface area contributed by atoms with E-state index in [0.717, 1.165) is 11.5 Å². The smallest absolute Gasteiger partial charge is 0.324 e. The second kappa shape index (κ2) is 3.97. The SMILES string of the molecule is Cc1cccc(N2CC(N3C(=O)CNC3=O)C2)n1. The van der Waals surface area contributed by atoms with E-state index >= 15 is 0 Å². The Labute approximate surface area is 105 Å². The highest BCUT2D eigenvalue weighted by molar-refractivity contribution is 6.02. The molecule has 2 aliphatic rings. The fourth-order valence-electron chi connectivity index (χ4n) is 2.31. The molecule has 94 valence electrons. The molecule has 2 saturated heterocycles. The van der Waals surface area contributed by atoms with E-state index in [9.17, 15) is 9.59 Å². The van der Waals surface area contributed by atoms with E-state index in [2.05, 4.69) is 15.2 Å². The number of aromatic nitrogens is 1. The Kier molecular flexibility index (Phi) is 2.43. The molecule has 2 fully saturated rings. The molecule has 0 aromatic carbocycles. The Morgan fingerprint density at radius 3 is 2.72 bits per heavy atom. The van der Waals surface area contributed by atoms with E-state index in [-0.39, 0.29) is 24.5 Å². The van der Waals surface area contributed by atoms with Crippen molar-refractivity contribution in [3.63, 3.8) is 0 Å². The van der Waals surface area contributed by atoms with Crippen LogP contribution < -0.4 is 10.2 Å². The maximum Gasteiger partial charge on any atom is 0.324 e. The van der Waals surface area contributed by atoms with Crippen LogP contribution in [0.5, 0.6) is 0 Å². The van der Waals surface area contributed by atoms with E-state index in [1.165, 1.54) is 4.90 Å². The molecule has 1 N–H and O–H groups in total. The van der Waals surface area contributed by atoms with Crippen LogP contribution in [-0.4, -0.2) is 47.5 Å². The molecule has 0 radical (unpaired) electrons. The van der Waals surface area contributed by atoms with Gasteiger partial charge < -0.3 is 10.2 Å². The van der Waals surface area contributed by atoms with Gasteiger partial charge in [-0.2, -0.15) is 0 Å². The highest BCUT2D eigenvalue weighted by Gasteiger charge is 2.41. The van der Waals surface area contributed by atoms with Crippen LogP contribution in [0.25, 0.3) is 0 Å². The lowest BCUT2D eigenvalue weighted by atomic mass is 10.1. The molecule has 1 aromatic heterocycles. The second-order valence-corrected chi connectivity index (χ2v) is 4.62. The first-order valence-corrected chi connectivity index (χ1v) is 5.93. The lowest BCUT2D eigenvalue weighted by molar-refractivity contribution is -0.126. The number of aryl methyl sites for hydroxylation is 1. The molecule has 18 heavy (non-hydrogen) atoms. The summed E-state index contributed by atoms with van der Waals surface area (Å²) in [4.78, 5) is 30.8. The summed E-state index contributed by atoms with van der Waals surface area (Å²) >= 11 is 0. The first kappa shape index (κ1) is 11.0. The van der Waals surface area contributed by atoms with Crippen LogP contribution in [0.3, 0.4) is 0 Å². The van der Waals surface area contributed by atoms with Gasteiger partial charge in [-0.1, -0.05) is 6.07 Å². The van der Waals surface area contributed by atoms with Crippen molar-refractivity contribution in [2.45, 2.75) is 13.0 Å². The van der Waals surface area contributed by atoms with Gasteiger partial charge in [-0.15, -0.1) is 0 Å². The Morgan fingerprint density at radius 2 is 2.11 bits per heavy atom. The maximum absolute atomic E-state index is 11.5. The van der Waals surface area contributed by atoms with Crippen LogP contribution in [0, 0.1) is 6.92 Å². The van der Waals surface area contributed by atoms with Crippen molar-refractivity contribution in [3.05, 3.63) is 23.9 Å². The lowest BCUT2D eigenvalue weighted by Crippen LogP contribution is -2.61. The van der Waals surface area contributed by atoms with E-state index in [0.29, 0.717) is 13.1 Å². The highest BCUT2D eigenvalue weighted by atomic mass is 16.2. The summed E-state index contributed by atoms with van der Waals surface area (Å²) < 4.78 is 0. The molecular formula is C12H14N4O2. The predicted molar refractivity (Wildman–Crippen MR) is 65.2 cm³/mol. The second-order valence-electron chi connectivity index (χ2n) is 4.62. The number of hydrogen-bond donors (Lipinski definition) is 1. The fourth-order valence-corrected chi connectivity index (χ4v) is 2.31. The quantitative estimate of drug-likeness (QED) is 0.753. The Morgan fingerprint density at radius 1 is 1.33 bits per heavy atom. The number of rotatable bonds is 2. The number of nitrogens with one attached hydrogen (secondary N) is 1. The number of anilines is 1. The molecule has 0 aliphatic carbocycles. The van der Waals surface area contributed by atoms with Gasteiger partial charge in [-0.3, -0.25) is 9.69 Å². The van der Waals surface area contributed by atoms with Gasteiger partial charge in [0.2, 0.25) is 5.91 Å². The molecule has 0 bridgehead atoms. The Hall–Kier alpha value is -2.11. The first-order chi connectivity index (χ1) is 8.65. The van der Waals surface area contributed by atoms with Crippen molar-refractivity contribution < 1.29 is 9.59 Å². The molecule has 0 saturated carbocycles. The number of hydrogen-bond acceptors (Lipinski definition) is 4. The zero-order valence-corrected chi connectivity index (χ0v) is 10.1. The topological polar surface area (TPSA) is 65.5 Å². The fraction of sp³-hybridized carbons (Fsp3) is 0.417. The van der Waals surface area contributed by atoms with Gasteiger partial charge >= 0.3 is 6.03 Å². The molecule has 0 atom stereocenters. The van der Waals surface area contributed by atoms with E-state index in [1.54, 1.807) is 0 Å². The van der Waals surface area contributed by atoms with E-state index in [1.807, 2.05) is 25.1 Å². The van der Waals surface area contributed by atoms with Crippen LogP contribution in [0.15, 0.2) is 18.2 Å². The molecule has 3 rings (SSSR count). The number of imide groups is 1. The number of pyridine rings is 1. The Balaban J connectivity index is 1.67. The predicted octanol–water partition coefficient (Wildman–Crippen LogP) is 0.130. The molecule has 0 unspecified atom stereocenters. The molecule has 2 aliphatic heterocycles. The number of carbonyl (C=O) groups is 2. The minimum absolute atomic E-state index is 0.0256. The van der Waals surface area contributed by atoms with Gasteiger partial charge in [-0.05, 0) is 19.1 Å². The summed E-state index contributed by atoms with van der Waals surface area (Å²) in [7, 11) is 0. The number of carbonyl (C=O) groups excluding carboxylic acids is 2. The molecule has 0 spiro atoms. The first-order valence-electron chi connectivity index (χ1n) is 5.93. The van der Waals surface area contributed by atoms with Gasteiger partial charge in [0.05, 0.1) is 12.6 Å². The summed E-state index contributed by atoms with van der Waals surface area (Å²) in [6.45, 7) is 3.39. The molecule has 3 heterocycles. The van der Waals surface area contributed by atoms with Crippen molar-refractivity contribution in [2.75, 3.05) is 24.5 Å². The normalized spacial score (nSPS) is 20.1. The van der Waals surface area contributed by atoms with Crippen LogP contribution >= 0.6 is 0 Å². The minimum atomic E-state index is -0.276. The zero-order chi connectivity index (χ0) is 12.7. The Bertz CT molecular complexity index is 495. The van der Waals surface area contributed by atoms with Gasteiger partial charge in [0.15, 0.2) is 0 Å². The van der Waals surface area contributed by atoms with Crippen LogP contribution in [-0.2, 0) is 4.79 Å². The van der Waals surface area contributed by atoms with Crippen molar-refractivity contribution in [2.24, 2.45) is 0 Å². The standard InChI is InChI=1S/C12H14N4O2/c1-8-3-2-4-10(14-8)15-6-9(7-15)16-11(17)5-13-12(16)18/h2-4,9H,5-7H2,1H3,(H,13,18). The molecule has 6 heteroatoms. The van der Waals surface area contributed by atoms with Crippen LogP contribution in [0.1, 0.15) is 5.69 Å². The molecule has 6 nitrogen and oxygen atoms in total. The van der Waals surface area contributed by atoms with Crippen molar-refractivity contribution in [1.29, 1.82) is 0 Å². The summed E-state index contributed by atoms with van der Waals surface area (Å²) in [6, 6.07) is 5.54. The van der Waals surface area contributed by atoms with Gasteiger partial charge in [-0.25, -0.2) is 9.78 Å². The van der Waals surface area contributed by atoms with Gasteiger partial charge in [0, 0.05) is 18.8 Å². The summed E-state index contributed by atoms with van der Waals surface area (Å²) in [5.74, 6) is 0.764. The zero-order valence-electron chi connectivity index (χ0n) is 10.1. The van der Waals surface area contributed by atoms with Crippen LogP contribution in [0.4, 0.5) is 10.6 Å². The number of amides is 3.